The molecule has 4 nitrogen and oxygen atoms in total. The van der Waals surface area contributed by atoms with Gasteiger partial charge in [-0.25, -0.2) is 4.98 Å². The maximum atomic E-state index is 12.5. The van der Waals surface area contributed by atoms with Gasteiger partial charge < -0.3 is 10.0 Å². The Morgan fingerprint density at radius 1 is 1.60 bits per heavy atom. The molecule has 1 heterocycles. The Morgan fingerprint density at radius 2 is 2.35 bits per heavy atom. The highest BCUT2D eigenvalue weighted by molar-refractivity contribution is 7.98. The number of thioether (sulfide) groups is 1. The first-order chi connectivity index (χ1) is 9.65. The first kappa shape index (κ1) is 16.5. The molecule has 1 N–H and O–H groups in total. The summed E-state index contributed by atoms with van der Waals surface area (Å²) in [7, 11) is 1.80. The minimum atomic E-state index is -0.234. The third-order valence-corrected chi connectivity index (χ3v) is 3.73. The van der Waals surface area contributed by atoms with Gasteiger partial charge in [0.15, 0.2) is 0 Å². The van der Waals surface area contributed by atoms with Gasteiger partial charge in [0, 0.05) is 25.0 Å². The van der Waals surface area contributed by atoms with Gasteiger partial charge in [0.2, 0.25) is 0 Å². The van der Waals surface area contributed by atoms with Crippen LogP contribution in [0.15, 0.2) is 18.3 Å². The molecule has 1 atom stereocenters. The summed E-state index contributed by atoms with van der Waals surface area (Å²) in [6.07, 6.45) is 4.51. The highest BCUT2D eigenvalue weighted by atomic mass is 32.2. The van der Waals surface area contributed by atoms with Crippen molar-refractivity contribution in [3.05, 3.63) is 29.6 Å². The first-order valence-electron chi connectivity index (χ1n) is 6.46. The highest BCUT2D eigenvalue weighted by Gasteiger charge is 2.22. The number of hydrogen-bond donors (Lipinski definition) is 1. The van der Waals surface area contributed by atoms with E-state index in [1.54, 1.807) is 42.0 Å². The predicted octanol–water partition coefficient (Wildman–Crippen LogP) is 1.64. The molecule has 0 spiro atoms. The van der Waals surface area contributed by atoms with Crippen molar-refractivity contribution >= 4 is 17.7 Å². The maximum Gasteiger partial charge on any atom is 0.273 e. The number of nitrogens with zero attached hydrogens (tertiary/aromatic N) is 2. The minimum Gasteiger partial charge on any atom is -0.384 e. The summed E-state index contributed by atoms with van der Waals surface area (Å²) >= 11 is 1.72. The molecule has 1 aromatic rings. The van der Waals surface area contributed by atoms with Gasteiger partial charge in [0.25, 0.3) is 5.91 Å². The summed E-state index contributed by atoms with van der Waals surface area (Å²) in [5.41, 5.74) is 0.896. The zero-order valence-corrected chi connectivity index (χ0v) is 12.9. The number of aromatic nitrogens is 1. The quantitative estimate of drug-likeness (QED) is 0.838. The van der Waals surface area contributed by atoms with Gasteiger partial charge in [0.05, 0.1) is 5.56 Å². The molecule has 0 aromatic carbocycles. The second-order valence-corrected chi connectivity index (χ2v) is 5.20. The molecule has 1 unspecified atom stereocenters. The Hall–Kier alpha value is -1.51. The smallest absolute Gasteiger partial charge is 0.273 e. The van der Waals surface area contributed by atoms with Gasteiger partial charge in [0.1, 0.15) is 12.3 Å². The van der Waals surface area contributed by atoms with Crippen LogP contribution in [0.25, 0.3) is 0 Å². The topological polar surface area (TPSA) is 53.4 Å². The molecule has 1 aromatic heterocycles. The number of carbonyl (C=O) groups is 1. The molecule has 0 saturated heterocycles. The zero-order valence-electron chi connectivity index (χ0n) is 12.1. The van der Waals surface area contributed by atoms with Crippen LogP contribution in [0.1, 0.15) is 29.4 Å². The number of hydrogen-bond acceptors (Lipinski definition) is 4. The van der Waals surface area contributed by atoms with E-state index in [1.807, 2.05) is 6.26 Å². The van der Waals surface area contributed by atoms with E-state index < -0.39 is 0 Å². The maximum absolute atomic E-state index is 12.5. The Bertz CT molecular complexity index is 508. The number of aliphatic hydroxyl groups is 1. The molecule has 5 heteroatoms. The van der Waals surface area contributed by atoms with Crippen LogP contribution >= 0.6 is 11.8 Å². The summed E-state index contributed by atoms with van der Waals surface area (Å²) in [5.74, 6) is 6.09. The average Bonchev–Trinajstić information content (AvgIpc) is 2.49. The Balaban J connectivity index is 3.02. The van der Waals surface area contributed by atoms with E-state index in [9.17, 15) is 4.79 Å². The van der Waals surface area contributed by atoms with Crippen molar-refractivity contribution in [2.24, 2.45) is 0 Å². The Morgan fingerprint density at radius 3 is 2.95 bits per heavy atom. The van der Waals surface area contributed by atoms with E-state index in [2.05, 4.69) is 23.7 Å². The molecular formula is C15H20N2O2S. The van der Waals surface area contributed by atoms with Crippen molar-refractivity contribution in [2.45, 2.75) is 19.4 Å². The lowest BCUT2D eigenvalue weighted by Crippen LogP contribution is -2.39. The minimum absolute atomic E-state index is 0.131. The molecule has 0 aliphatic carbocycles. The Labute approximate surface area is 124 Å². The predicted molar refractivity (Wildman–Crippen MR) is 82.8 cm³/mol. The van der Waals surface area contributed by atoms with Crippen LogP contribution in [0.3, 0.4) is 0 Å². The number of amides is 1. The average molecular weight is 292 g/mol. The van der Waals surface area contributed by atoms with Crippen LogP contribution in [0, 0.1) is 11.8 Å². The van der Waals surface area contributed by atoms with Gasteiger partial charge in [-0.2, -0.15) is 11.8 Å². The fourth-order valence-electron chi connectivity index (χ4n) is 1.84. The fraction of sp³-hybridized carbons (Fsp3) is 0.467. The largest absolute Gasteiger partial charge is 0.384 e. The van der Waals surface area contributed by atoms with E-state index in [-0.39, 0.29) is 18.6 Å². The van der Waals surface area contributed by atoms with Crippen LogP contribution in [-0.2, 0) is 0 Å². The van der Waals surface area contributed by atoms with Crippen molar-refractivity contribution in [3.63, 3.8) is 0 Å². The van der Waals surface area contributed by atoms with Crippen molar-refractivity contribution in [1.29, 1.82) is 0 Å². The van der Waals surface area contributed by atoms with Gasteiger partial charge in [-0.15, -0.1) is 0 Å². The van der Waals surface area contributed by atoms with Crippen LogP contribution in [0.2, 0.25) is 0 Å². The zero-order chi connectivity index (χ0) is 15.0. The van der Waals surface area contributed by atoms with E-state index in [1.165, 1.54) is 0 Å². The molecule has 108 valence electrons. The van der Waals surface area contributed by atoms with Gasteiger partial charge >= 0.3 is 0 Å². The molecule has 20 heavy (non-hydrogen) atoms. The molecule has 1 rings (SSSR count). The summed E-state index contributed by atoms with van der Waals surface area (Å²) in [6.45, 7) is 1.83. The van der Waals surface area contributed by atoms with Crippen molar-refractivity contribution in [2.75, 3.05) is 25.7 Å². The molecule has 0 aliphatic heterocycles. The van der Waals surface area contributed by atoms with E-state index in [4.69, 9.17) is 5.11 Å². The van der Waals surface area contributed by atoms with Crippen LogP contribution in [-0.4, -0.2) is 52.6 Å². The lowest BCUT2D eigenvalue weighted by Gasteiger charge is -2.26. The number of pyridine rings is 1. The first-order valence-corrected chi connectivity index (χ1v) is 7.85. The molecule has 0 radical (unpaired) electrons. The normalized spacial score (nSPS) is 11.4. The second-order valence-electron chi connectivity index (χ2n) is 4.29. The molecule has 0 saturated carbocycles. The third kappa shape index (κ3) is 4.26. The van der Waals surface area contributed by atoms with E-state index in [0.717, 1.165) is 12.2 Å². The van der Waals surface area contributed by atoms with Crippen LogP contribution in [0.4, 0.5) is 0 Å². The van der Waals surface area contributed by atoms with E-state index in [0.29, 0.717) is 11.3 Å². The van der Waals surface area contributed by atoms with Gasteiger partial charge in [-0.1, -0.05) is 18.8 Å². The summed E-state index contributed by atoms with van der Waals surface area (Å²) in [5, 5.41) is 8.77. The molecule has 1 amide bonds. The van der Waals surface area contributed by atoms with Gasteiger partial charge in [-0.3, -0.25) is 4.79 Å². The molecule has 0 fully saturated rings. The Kier molecular flexibility index (Phi) is 7.13. The lowest BCUT2D eigenvalue weighted by molar-refractivity contribution is 0.0737. The molecule has 0 aliphatic rings. The summed E-state index contributed by atoms with van der Waals surface area (Å²) in [6, 6.07) is 3.65. The monoisotopic (exact) mass is 292 g/mol. The number of carbonyl (C=O) groups excluding carboxylic acids is 1. The van der Waals surface area contributed by atoms with Crippen molar-refractivity contribution in [1.82, 2.24) is 9.88 Å². The molecular weight excluding hydrogens is 272 g/mol. The van der Waals surface area contributed by atoms with Crippen LogP contribution < -0.4 is 0 Å². The SMILES string of the molecule is CCC(CSC)N(C)C(=O)c1ncccc1C#CCO. The number of rotatable bonds is 5. The third-order valence-electron chi connectivity index (χ3n) is 3.01. The highest BCUT2D eigenvalue weighted by Crippen LogP contribution is 2.13. The molecule has 0 bridgehead atoms. The van der Waals surface area contributed by atoms with Crippen molar-refractivity contribution in [3.8, 4) is 11.8 Å². The summed E-state index contributed by atoms with van der Waals surface area (Å²) in [4.78, 5) is 18.4. The van der Waals surface area contributed by atoms with E-state index >= 15 is 0 Å². The lowest BCUT2D eigenvalue weighted by atomic mass is 10.1. The second kappa shape index (κ2) is 8.62. The fourth-order valence-corrected chi connectivity index (χ4v) is 2.68. The number of aliphatic hydroxyl groups excluding tert-OH is 1. The standard InChI is InChI=1S/C15H20N2O2S/c1-4-13(11-20-3)17(2)15(19)14-12(8-6-10-18)7-5-9-16-14/h5,7,9,13,18H,4,10-11H2,1-3H3. The van der Waals surface area contributed by atoms with Crippen LogP contribution in [0.5, 0.6) is 0 Å². The summed E-state index contributed by atoms with van der Waals surface area (Å²) < 4.78 is 0. The van der Waals surface area contributed by atoms with Crippen molar-refractivity contribution < 1.29 is 9.90 Å². The van der Waals surface area contributed by atoms with Gasteiger partial charge in [-0.05, 0) is 24.8 Å².